The Morgan fingerprint density at radius 3 is 1.77 bits per heavy atom. The Hall–Kier alpha value is -0.869. The van der Waals surface area contributed by atoms with E-state index in [4.69, 9.17) is 18.0 Å². The summed E-state index contributed by atoms with van der Waals surface area (Å²) in [6, 6.07) is 1.29. The van der Waals surface area contributed by atoms with Crippen molar-refractivity contribution in [2.75, 3.05) is 13.2 Å². The summed E-state index contributed by atoms with van der Waals surface area (Å²) in [6.45, 7) is 32.1. The first-order valence-corrected chi connectivity index (χ1v) is 23.0. The third kappa shape index (κ3) is 7.19. The van der Waals surface area contributed by atoms with Crippen LogP contribution < -0.4 is 11.2 Å². The SMILES string of the molecule is CC(C)(C)[Si](C)(C)OC[C@@]1(CO)O[C@@H](n2ccc(=O)[nH]c2=O)C(O[Si](C)(C)C(C)(C)C)[C@@H]1O[Si](C)(C)C(C)(C)C. The molecule has 2 heterocycles. The molecule has 4 atom stereocenters. The van der Waals surface area contributed by atoms with Gasteiger partial charge in [-0.1, -0.05) is 62.3 Å². The number of ether oxygens (including phenoxy) is 1. The Balaban J connectivity index is 2.81. The molecule has 40 heavy (non-hydrogen) atoms. The first-order chi connectivity index (χ1) is 17.7. The molecule has 0 radical (unpaired) electrons. The zero-order chi connectivity index (χ0) is 31.3. The van der Waals surface area contributed by atoms with E-state index in [0.717, 1.165) is 0 Å². The van der Waals surface area contributed by atoms with Gasteiger partial charge in [-0.15, -0.1) is 0 Å². The highest BCUT2D eigenvalue weighted by atomic mass is 28.4. The van der Waals surface area contributed by atoms with E-state index in [2.05, 4.69) is 107 Å². The lowest BCUT2D eigenvalue weighted by Crippen LogP contribution is -2.60. The summed E-state index contributed by atoms with van der Waals surface area (Å²) in [5, 5.41) is 10.8. The third-order valence-electron chi connectivity index (χ3n) is 9.79. The van der Waals surface area contributed by atoms with Crippen LogP contribution in [-0.2, 0) is 18.0 Å². The molecule has 2 N–H and O–H groups in total. The highest BCUT2D eigenvalue weighted by Crippen LogP contribution is 2.49. The van der Waals surface area contributed by atoms with Gasteiger partial charge in [0.15, 0.2) is 31.2 Å². The van der Waals surface area contributed by atoms with Gasteiger partial charge in [0.05, 0.1) is 13.2 Å². The predicted molar refractivity (Wildman–Crippen MR) is 169 cm³/mol. The fraction of sp³-hybridized carbons (Fsp3) is 0.857. The minimum Gasteiger partial charge on any atom is -0.414 e. The number of aromatic nitrogens is 2. The molecule has 0 aliphatic carbocycles. The van der Waals surface area contributed by atoms with Gasteiger partial charge in [-0.2, -0.15) is 0 Å². The van der Waals surface area contributed by atoms with Crippen LogP contribution in [-0.4, -0.2) is 70.6 Å². The van der Waals surface area contributed by atoms with Crippen molar-refractivity contribution < 1.29 is 23.1 Å². The number of H-pyrrole nitrogens is 1. The first-order valence-electron chi connectivity index (χ1n) is 14.3. The quantitative estimate of drug-likeness (QED) is 0.348. The van der Waals surface area contributed by atoms with Gasteiger partial charge in [0.1, 0.15) is 17.8 Å². The van der Waals surface area contributed by atoms with Crippen LogP contribution >= 0.6 is 0 Å². The van der Waals surface area contributed by atoms with Crippen LogP contribution in [0.5, 0.6) is 0 Å². The molecule has 1 aliphatic rings. The fourth-order valence-corrected chi connectivity index (χ4v) is 7.43. The molecule has 1 aromatic heterocycles. The molecule has 0 bridgehead atoms. The Bertz CT molecular complexity index is 1140. The summed E-state index contributed by atoms with van der Waals surface area (Å²) >= 11 is 0. The minimum atomic E-state index is -2.45. The molecule has 1 fully saturated rings. The van der Waals surface area contributed by atoms with E-state index in [0.29, 0.717) is 0 Å². The topological polar surface area (TPSA) is 112 Å². The van der Waals surface area contributed by atoms with Gasteiger partial charge in [-0.05, 0) is 54.4 Å². The molecule has 1 saturated heterocycles. The number of hydrogen-bond acceptors (Lipinski definition) is 7. The lowest BCUT2D eigenvalue weighted by molar-refractivity contribution is -0.145. The molecule has 12 heteroatoms. The summed E-state index contributed by atoms with van der Waals surface area (Å²) < 4.78 is 28.9. The van der Waals surface area contributed by atoms with Crippen molar-refractivity contribution in [1.29, 1.82) is 0 Å². The average Bonchev–Trinajstić information content (AvgIpc) is 3.02. The number of aliphatic hydroxyl groups excluding tert-OH is 1. The van der Waals surface area contributed by atoms with Gasteiger partial charge >= 0.3 is 5.69 Å². The molecule has 1 unspecified atom stereocenters. The number of aliphatic hydroxyl groups is 1. The molecule has 232 valence electrons. The zero-order valence-corrected chi connectivity index (χ0v) is 30.6. The summed E-state index contributed by atoms with van der Waals surface area (Å²) in [5.74, 6) is 0. The lowest BCUT2D eigenvalue weighted by atomic mass is 9.97. The van der Waals surface area contributed by atoms with Gasteiger partial charge in [-0.25, -0.2) is 4.79 Å². The van der Waals surface area contributed by atoms with Crippen molar-refractivity contribution in [3.8, 4) is 0 Å². The van der Waals surface area contributed by atoms with Gasteiger partial charge in [-0.3, -0.25) is 14.3 Å². The minimum absolute atomic E-state index is 0.0651. The van der Waals surface area contributed by atoms with E-state index < -0.39 is 60.2 Å². The molecule has 0 spiro atoms. The van der Waals surface area contributed by atoms with E-state index in [1.807, 2.05) is 0 Å². The Kier molecular flexibility index (Phi) is 10.0. The van der Waals surface area contributed by atoms with Crippen molar-refractivity contribution in [2.45, 2.75) is 141 Å². The number of nitrogens with one attached hydrogen (secondary N) is 1. The van der Waals surface area contributed by atoms with Crippen LogP contribution in [0.4, 0.5) is 0 Å². The zero-order valence-electron chi connectivity index (χ0n) is 27.6. The maximum Gasteiger partial charge on any atom is 0.330 e. The Labute approximate surface area is 244 Å². The van der Waals surface area contributed by atoms with Crippen molar-refractivity contribution in [1.82, 2.24) is 9.55 Å². The standard InChI is InChI=1S/C28H56N2O7Si3/c1-25(2,3)38(10,11)34-19-28(18-31)22(37-40(14,15)27(7,8)9)21(36-39(12,13)26(4,5)6)23(35-28)30-17-16-20(32)29-24(30)33/h16-17,21-23,31H,18-19H2,1-15H3,(H,29,32,33)/t21?,22-,23+,28+/m0/s1. The monoisotopic (exact) mass is 616 g/mol. The smallest absolute Gasteiger partial charge is 0.330 e. The molecule has 1 aliphatic heterocycles. The van der Waals surface area contributed by atoms with Crippen LogP contribution in [0, 0.1) is 0 Å². The van der Waals surface area contributed by atoms with Crippen LogP contribution in [0.3, 0.4) is 0 Å². The normalized spacial score (nSPS) is 25.4. The van der Waals surface area contributed by atoms with Crippen LogP contribution in [0.25, 0.3) is 0 Å². The second-order valence-electron chi connectivity index (χ2n) is 15.9. The summed E-state index contributed by atoms with van der Waals surface area (Å²) in [7, 11) is -7.16. The Morgan fingerprint density at radius 1 is 0.875 bits per heavy atom. The first kappa shape index (κ1) is 35.3. The molecule has 9 nitrogen and oxygen atoms in total. The number of hydrogen-bond donors (Lipinski definition) is 2. The molecule has 0 amide bonds. The maximum absolute atomic E-state index is 13.1. The highest BCUT2D eigenvalue weighted by Gasteiger charge is 2.62. The number of aromatic amines is 1. The largest absolute Gasteiger partial charge is 0.414 e. The maximum atomic E-state index is 13.1. The predicted octanol–water partition coefficient (Wildman–Crippen LogP) is 5.60. The van der Waals surface area contributed by atoms with E-state index in [-0.39, 0.29) is 28.3 Å². The van der Waals surface area contributed by atoms with Crippen LogP contribution in [0.1, 0.15) is 68.5 Å². The summed E-state index contributed by atoms with van der Waals surface area (Å²) in [5.41, 5.74) is -2.39. The van der Waals surface area contributed by atoms with Crippen molar-refractivity contribution in [3.63, 3.8) is 0 Å². The van der Waals surface area contributed by atoms with Crippen molar-refractivity contribution in [3.05, 3.63) is 33.1 Å². The van der Waals surface area contributed by atoms with Gasteiger partial charge < -0.3 is 23.1 Å². The van der Waals surface area contributed by atoms with E-state index in [1.165, 1.54) is 16.8 Å². The van der Waals surface area contributed by atoms with E-state index >= 15 is 0 Å². The van der Waals surface area contributed by atoms with Gasteiger partial charge in [0, 0.05) is 12.3 Å². The van der Waals surface area contributed by atoms with Gasteiger partial charge in [0.2, 0.25) is 0 Å². The van der Waals surface area contributed by atoms with Crippen LogP contribution in [0.15, 0.2) is 21.9 Å². The fourth-order valence-electron chi connectivity index (χ4n) is 3.78. The molecule has 0 aromatic carbocycles. The molecule has 0 saturated carbocycles. The number of nitrogens with zero attached hydrogens (tertiary/aromatic N) is 1. The molecular formula is C28H56N2O7Si3. The van der Waals surface area contributed by atoms with Gasteiger partial charge in [0.25, 0.3) is 5.56 Å². The van der Waals surface area contributed by atoms with Crippen molar-refractivity contribution in [2.24, 2.45) is 0 Å². The second kappa shape index (κ2) is 11.3. The molecular weight excluding hydrogens is 561 g/mol. The summed E-state index contributed by atoms with van der Waals surface area (Å²) in [4.78, 5) is 27.4. The Morgan fingerprint density at radius 2 is 1.35 bits per heavy atom. The second-order valence-corrected chi connectivity index (χ2v) is 30.3. The third-order valence-corrected chi connectivity index (χ3v) is 23.2. The summed E-state index contributed by atoms with van der Waals surface area (Å²) in [6.07, 6.45) is -0.961. The van der Waals surface area contributed by atoms with E-state index in [1.54, 1.807) is 0 Å². The lowest BCUT2D eigenvalue weighted by Gasteiger charge is -2.46. The van der Waals surface area contributed by atoms with Crippen molar-refractivity contribution >= 4 is 25.0 Å². The van der Waals surface area contributed by atoms with Crippen LogP contribution in [0.2, 0.25) is 54.4 Å². The van der Waals surface area contributed by atoms with E-state index in [9.17, 15) is 14.7 Å². The molecule has 2 rings (SSSR count). The average molecular weight is 617 g/mol. The number of rotatable bonds is 9. The molecule has 1 aromatic rings. The highest BCUT2D eigenvalue weighted by molar-refractivity contribution is 6.75.